The highest BCUT2D eigenvalue weighted by Gasteiger charge is 2.17. The van der Waals surface area contributed by atoms with Crippen molar-refractivity contribution in [2.45, 2.75) is 34.1 Å². The summed E-state index contributed by atoms with van der Waals surface area (Å²) in [5.41, 5.74) is 7.16. The van der Waals surface area contributed by atoms with E-state index in [9.17, 15) is 4.79 Å². The summed E-state index contributed by atoms with van der Waals surface area (Å²) in [5, 5.41) is 8.96. The SMILES string of the molecule is Cc1cc(C)c(C)c(-c2nc[nH]c2CC(=O)O)c1C. The number of H-pyrrole nitrogens is 1. The number of imidazole rings is 1. The normalized spacial score (nSPS) is 10.7. The van der Waals surface area contributed by atoms with Crippen LogP contribution in [0.4, 0.5) is 0 Å². The third-order valence-electron chi connectivity index (χ3n) is 3.65. The summed E-state index contributed by atoms with van der Waals surface area (Å²) >= 11 is 0. The molecular weight excluding hydrogens is 240 g/mol. The monoisotopic (exact) mass is 258 g/mol. The van der Waals surface area contributed by atoms with Crippen LogP contribution < -0.4 is 0 Å². The molecule has 19 heavy (non-hydrogen) atoms. The van der Waals surface area contributed by atoms with Crippen LogP contribution in [0.15, 0.2) is 12.4 Å². The van der Waals surface area contributed by atoms with Gasteiger partial charge in [-0.25, -0.2) is 4.98 Å². The Bertz CT molecular complexity index is 616. The van der Waals surface area contributed by atoms with Gasteiger partial charge in [0.05, 0.1) is 24.1 Å². The summed E-state index contributed by atoms with van der Waals surface area (Å²) in [6, 6.07) is 2.15. The lowest BCUT2D eigenvalue weighted by Gasteiger charge is -2.14. The van der Waals surface area contributed by atoms with Crippen LogP contribution in [-0.2, 0) is 11.2 Å². The van der Waals surface area contributed by atoms with Crippen LogP contribution in [0.1, 0.15) is 27.9 Å². The molecule has 1 heterocycles. The Morgan fingerprint density at radius 2 is 1.79 bits per heavy atom. The van der Waals surface area contributed by atoms with Crippen LogP contribution in [-0.4, -0.2) is 21.0 Å². The van der Waals surface area contributed by atoms with Gasteiger partial charge < -0.3 is 10.1 Å². The number of nitrogens with zero attached hydrogens (tertiary/aromatic N) is 1. The fourth-order valence-corrected chi connectivity index (χ4v) is 2.39. The van der Waals surface area contributed by atoms with Crippen molar-refractivity contribution in [3.63, 3.8) is 0 Å². The van der Waals surface area contributed by atoms with Crippen molar-refractivity contribution in [1.29, 1.82) is 0 Å². The number of aryl methyl sites for hydroxylation is 2. The fourth-order valence-electron chi connectivity index (χ4n) is 2.39. The molecule has 0 saturated heterocycles. The van der Waals surface area contributed by atoms with Crippen LogP contribution in [0, 0.1) is 27.7 Å². The Balaban J connectivity index is 2.66. The third kappa shape index (κ3) is 2.38. The fraction of sp³-hybridized carbons (Fsp3) is 0.333. The highest BCUT2D eigenvalue weighted by molar-refractivity contribution is 5.77. The number of aliphatic carboxylic acids is 1. The maximum atomic E-state index is 10.9. The molecule has 0 saturated carbocycles. The van der Waals surface area contributed by atoms with Crippen LogP contribution in [0.5, 0.6) is 0 Å². The molecule has 0 fully saturated rings. The molecule has 0 radical (unpaired) electrons. The number of carboxylic acids is 1. The summed E-state index contributed by atoms with van der Waals surface area (Å²) in [7, 11) is 0. The molecule has 4 heteroatoms. The lowest BCUT2D eigenvalue weighted by Crippen LogP contribution is -2.04. The van der Waals surface area contributed by atoms with Crippen molar-refractivity contribution < 1.29 is 9.90 Å². The minimum Gasteiger partial charge on any atom is -0.481 e. The first-order valence-electron chi connectivity index (χ1n) is 6.23. The number of hydrogen-bond acceptors (Lipinski definition) is 2. The van der Waals surface area contributed by atoms with Crippen LogP contribution >= 0.6 is 0 Å². The van der Waals surface area contributed by atoms with Crippen molar-refractivity contribution in [3.8, 4) is 11.3 Å². The van der Waals surface area contributed by atoms with Gasteiger partial charge in [-0.3, -0.25) is 4.79 Å². The van der Waals surface area contributed by atoms with Gasteiger partial charge in [0.2, 0.25) is 0 Å². The molecular formula is C15H18N2O2. The maximum absolute atomic E-state index is 10.9. The number of benzene rings is 1. The molecule has 0 spiro atoms. The van der Waals surface area contributed by atoms with Crippen molar-refractivity contribution in [3.05, 3.63) is 40.3 Å². The van der Waals surface area contributed by atoms with Crippen molar-refractivity contribution >= 4 is 5.97 Å². The molecule has 2 aromatic rings. The largest absolute Gasteiger partial charge is 0.481 e. The Hall–Kier alpha value is -2.10. The number of carbonyl (C=O) groups is 1. The summed E-state index contributed by atoms with van der Waals surface area (Å²) in [4.78, 5) is 18.2. The molecule has 1 aromatic heterocycles. The van der Waals surface area contributed by atoms with Crippen molar-refractivity contribution in [2.24, 2.45) is 0 Å². The second-order valence-corrected chi connectivity index (χ2v) is 4.94. The minimum atomic E-state index is -0.856. The maximum Gasteiger partial charge on any atom is 0.309 e. The molecule has 0 aliphatic rings. The average Bonchev–Trinajstić information content (AvgIpc) is 2.74. The predicted molar refractivity (Wildman–Crippen MR) is 74.3 cm³/mol. The number of carboxylic acid groups (broad SMARTS) is 1. The zero-order chi connectivity index (χ0) is 14.2. The zero-order valence-electron chi connectivity index (χ0n) is 11.7. The molecule has 0 amide bonds. The molecule has 0 unspecified atom stereocenters. The van der Waals surface area contributed by atoms with Crippen LogP contribution in [0.3, 0.4) is 0 Å². The molecule has 1 aromatic carbocycles. The van der Waals surface area contributed by atoms with Gasteiger partial charge in [0.1, 0.15) is 0 Å². The second kappa shape index (κ2) is 4.88. The summed E-state index contributed by atoms with van der Waals surface area (Å²) in [5.74, 6) is -0.856. The van der Waals surface area contributed by atoms with E-state index in [4.69, 9.17) is 5.11 Å². The minimum absolute atomic E-state index is 0.0405. The first kappa shape index (κ1) is 13.3. The average molecular weight is 258 g/mol. The molecule has 100 valence electrons. The molecule has 0 aliphatic carbocycles. The van der Waals surface area contributed by atoms with Crippen molar-refractivity contribution in [1.82, 2.24) is 9.97 Å². The van der Waals surface area contributed by atoms with Crippen molar-refractivity contribution in [2.75, 3.05) is 0 Å². The van der Waals surface area contributed by atoms with E-state index in [1.165, 1.54) is 11.1 Å². The number of aromatic amines is 1. The highest BCUT2D eigenvalue weighted by atomic mass is 16.4. The van der Waals surface area contributed by atoms with E-state index in [-0.39, 0.29) is 6.42 Å². The Morgan fingerprint density at radius 1 is 1.21 bits per heavy atom. The number of nitrogens with one attached hydrogen (secondary N) is 1. The molecule has 0 atom stereocenters. The van der Waals surface area contributed by atoms with Crippen LogP contribution in [0.2, 0.25) is 0 Å². The van der Waals surface area contributed by atoms with Gasteiger partial charge in [0.15, 0.2) is 0 Å². The van der Waals surface area contributed by atoms with Gasteiger partial charge in [-0.1, -0.05) is 6.07 Å². The van der Waals surface area contributed by atoms with Crippen LogP contribution in [0.25, 0.3) is 11.3 Å². The molecule has 2 rings (SSSR count). The van der Waals surface area contributed by atoms with E-state index in [1.54, 1.807) is 6.33 Å². The van der Waals surface area contributed by atoms with E-state index in [1.807, 2.05) is 0 Å². The second-order valence-electron chi connectivity index (χ2n) is 4.94. The van der Waals surface area contributed by atoms with E-state index in [0.717, 1.165) is 22.4 Å². The summed E-state index contributed by atoms with van der Waals surface area (Å²) in [6.45, 7) is 8.23. The predicted octanol–water partition coefficient (Wildman–Crippen LogP) is 2.94. The highest BCUT2D eigenvalue weighted by Crippen LogP contribution is 2.32. The smallest absolute Gasteiger partial charge is 0.309 e. The molecule has 0 bridgehead atoms. The number of hydrogen-bond donors (Lipinski definition) is 2. The molecule has 4 nitrogen and oxygen atoms in total. The van der Waals surface area contributed by atoms with Gasteiger partial charge in [-0.15, -0.1) is 0 Å². The third-order valence-corrected chi connectivity index (χ3v) is 3.65. The standard InChI is InChI=1S/C15H18N2O2/c1-8-5-9(2)11(4)14(10(8)3)15-12(6-13(18)19)16-7-17-15/h5,7H,6H2,1-4H3,(H,16,17)(H,18,19). The zero-order valence-corrected chi connectivity index (χ0v) is 11.7. The van der Waals surface area contributed by atoms with Gasteiger partial charge in [0.25, 0.3) is 0 Å². The lowest BCUT2D eigenvalue weighted by atomic mass is 9.91. The first-order valence-corrected chi connectivity index (χ1v) is 6.23. The van der Waals surface area contributed by atoms with Gasteiger partial charge >= 0.3 is 5.97 Å². The van der Waals surface area contributed by atoms with E-state index >= 15 is 0 Å². The topological polar surface area (TPSA) is 66.0 Å². The quantitative estimate of drug-likeness (QED) is 0.889. The number of aromatic nitrogens is 2. The van der Waals surface area contributed by atoms with Gasteiger partial charge in [0, 0.05) is 5.56 Å². The summed E-state index contributed by atoms with van der Waals surface area (Å²) < 4.78 is 0. The van der Waals surface area contributed by atoms with E-state index in [0.29, 0.717) is 5.69 Å². The van der Waals surface area contributed by atoms with Gasteiger partial charge in [-0.05, 0) is 49.9 Å². The van der Waals surface area contributed by atoms with E-state index in [2.05, 4.69) is 43.7 Å². The molecule has 2 N–H and O–H groups in total. The lowest BCUT2D eigenvalue weighted by molar-refractivity contribution is -0.136. The van der Waals surface area contributed by atoms with Gasteiger partial charge in [-0.2, -0.15) is 0 Å². The Morgan fingerprint density at radius 3 is 2.32 bits per heavy atom. The Kier molecular flexibility index (Phi) is 3.42. The van der Waals surface area contributed by atoms with E-state index < -0.39 is 5.97 Å². The number of rotatable bonds is 3. The molecule has 0 aliphatic heterocycles. The summed E-state index contributed by atoms with van der Waals surface area (Å²) in [6.07, 6.45) is 1.52. The first-order chi connectivity index (χ1) is 8.91. The Labute approximate surface area is 112 Å².